The fraction of sp³-hybridized carbons (Fsp3) is 0.286. The first-order valence-corrected chi connectivity index (χ1v) is 9.43. The van der Waals surface area contributed by atoms with E-state index < -0.39 is 11.9 Å². The van der Waals surface area contributed by atoms with Crippen molar-refractivity contribution in [1.82, 2.24) is 10.3 Å². The van der Waals surface area contributed by atoms with Gasteiger partial charge in [-0.1, -0.05) is 41.9 Å². The number of hydrogen-bond donors (Lipinski definition) is 2. The molecule has 2 N–H and O–H groups in total. The molecule has 2 heterocycles. The van der Waals surface area contributed by atoms with Crippen LogP contribution in [0.4, 0.5) is 18.9 Å². The van der Waals surface area contributed by atoms with E-state index in [1.165, 1.54) is 11.6 Å². The Bertz CT molecular complexity index is 983. The predicted molar refractivity (Wildman–Crippen MR) is 106 cm³/mol. The lowest BCUT2D eigenvalue weighted by Gasteiger charge is -2.30. The third kappa shape index (κ3) is 3.66. The van der Waals surface area contributed by atoms with E-state index in [9.17, 15) is 13.2 Å². The Morgan fingerprint density at radius 2 is 1.89 bits per heavy atom. The molecule has 28 heavy (non-hydrogen) atoms. The van der Waals surface area contributed by atoms with Crippen molar-refractivity contribution in [2.45, 2.75) is 18.0 Å². The number of pyridine rings is 1. The van der Waals surface area contributed by atoms with E-state index in [0.29, 0.717) is 22.6 Å². The number of nitrogens with zero attached hydrogens (tertiary/aromatic N) is 1. The number of anilines is 1. The Morgan fingerprint density at radius 3 is 2.57 bits per heavy atom. The second-order valence-corrected chi connectivity index (χ2v) is 7.58. The molecule has 1 unspecified atom stereocenters. The lowest BCUT2D eigenvalue weighted by atomic mass is 9.79. The van der Waals surface area contributed by atoms with Gasteiger partial charge in [0.05, 0.1) is 5.52 Å². The molecule has 0 aliphatic carbocycles. The summed E-state index contributed by atoms with van der Waals surface area (Å²) in [6.45, 7) is 2.14. The lowest BCUT2D eigenvalue weighted by molar-refractivity contribution is -0.140. The quantitative estimate of drug-likeness (QED) is 0.622. The van der Waals surface area contributed by atoms with Crippen LogP contribution in [-0.2, 0) is 11.6 Å². The first kappa shape index (κ1) is 19.0. The molecule has 1 fully saturated rings. The van der Waals surface area contributed by atoms with Crippen molar-refractivity contribution in [1.29, 1.82) is 0 Å². The summed E-state index contributed by atoms with van der Waals surface area (Å²) in [5.74, 6) is 0. The van der Waals surface area contributed by atoms with Gasteiger partial charge in [-0.25, -0.2) is 4.98 Å². The maximum atomic E-state index is 13.3. The SMILES string of the molecule is FC(F)(F)c1cc(NCC2(c3ccccc3)CCNC2)c2cc(Cl)ccc2n1. The number of fused-ring (bicyclic) bond motifs is 1. The van der Waals surface area contributed by atoms with E-state index in [1.807, 2.05) is 18.2 Å². The summed E-state index contributed by atoms with van der Waals surface area (Å²) >= 11 is 6.08. The Balaban J connectivity index is 1.73. The Morgan fingerprint density at radius 1 is 1.11 bits per heavy atom. The summed E-state index contributed by atoms with van der Waals surface area (Å²) in [5.41, 5.74) is 0.721. The van der Waals surface area contributed by atoms with Crippen molar-refractivity contribution in [2.75, 3.05) is 25.0 Å². The van der Waals surface area contributed by atoms with E-state index in [-0.39, 0.29) is 10.9 Å². The third-order valence-corrected chi connectivity index (χ3v) is 5.54. The van der Waals surface area contributed by atoms with Gasteiger partial charge >= 0.3 is 6.18 Å². The van der Waals surface area contributed by atoms with Crippen LogP contribution in [0.2, 0.25) is 5.02 Å². The van der Waals surface area contributed by atoms with Crippen molar-refractivity contribution in [3.8, 4) is 0 Å². The minimum atomic E-state index is -4.52. The molecule has 0 amide bonds. The van der Waals surface area contributed by atoms with E-state index >= 15 is 0 Å². The van der Waals surface area contributed by atoms with Gasteiger partial charge in [0.25, 0.3) is 0 Å². The van der Waals surface area contributed by atoms with Gasteiger partial charge in [-0.15, -0.1) is 0 Å². The molecular weight excluding hydrogens is 387 g/mol. The highest BCUT2D eigenvalue weighted by Crippen LogP contribution is 2.36. The molecular formula is C21H19ClF3N3. The van der Waals surface area contributed by atoms with Gasteiger partial charge in [-0.05, 0) is 42.8 Å². The van der Waals surface area contributed by atoms with Crippen LogP contribution in [0.1, 0.15) is 17.7 Å². The zero-order valence-corrected chi connectivity index (χ0v) is 15.7. The lowest BCUT2D eigenvalue weighted by Crippen LogP contribution is -2.36. The van der Waals surface area contributed by atoms with Gasteiger partial charge in [-0.2, -0.15) is 13.2 Å². The summed E-state index contributed by atoms with van der Waals surface area (Å²) in [6, 6.07) is 15.8. The standard InChI is InChI=1S/C21H19ClF3N3/c22-15-6-7-17-16(10-15)18(11-19(28-17)21(23,24)25)27-13-20(8-9-26-12-20)14-4-2-1-3-5-14/h1-7,10-11,26H,8-9,12-13H2,(H,27,28). The monoisotopic (exact) mass is 405 g/mol. The molecule has 4 rings (SSSR count). The van der Waals surface area contributed by atoms with E-state index in [2.05, 4.69) is 27.8 Å². The molecule has 0 saturated carbocycles. The van der Waals surface area contributed by atoms with Gasteiger partial charge in [0.15, 0.2) is 0 Å². The minimum Gasteiger partial charge on any atom is -0.383 e. The molecule has 0 radical (unpaired) electrons. The molecule has 3 aromatic rings. The van der Waals surface area contributed by atoms with E-state index in [4.69, 9.17) is 11.6 Å². The van der Waals surface area contributed by atoms with Crippen LogP contribution in [0.15, 0.2) is 54.6 Å². The Hall–Kier alpha value is -2.31. The van der Waals surface area contributed by atoms with Gasteiger partial charge in [-0.3, -0.25) is 0 Å². The number of hydrogen-bond acceptors (Lipinski definition) is 3. The summed E-state index contributed by atoms with van der Waals surface area (Å²) < 4.78 is 40.0. The predicted octanol–water partition coefficient (Wildman–Crippen LogP) is 5.25. The van der Waals surface area contributed by atoms with Gasteiger partial charge in [0.1, 0.15) is 5.69 Å². The summed E-state index contributed by atoms with van der Waals surface area (Å²) in [7, 11) is 0. The minimum absolute atomic E-state index is 0.187. The molecule has 1 aliphatic heterocycles. The topological polar surface area (TPSA) is 37.0 Å². The molecule has 2 aromatic carbocycles. The van der Waals surface area contributed by atoms with Crippen LogP contribution >= 0.6 is 11.6 Å². The van der Waals surface area contributed by atoms with Crippen LogP contribution in [0.25, 0.3) is 10.9 Å². The number of rotatable bonds is 4. The van der Waals surface area contributed by atoms with Gasteiger partial charge in [0, 0.05) is 34.6 Å². The number of aromatic nitrogens is 1. The van der Waals surface area contributed by atoms with Crippen molar-refractivity contribution < 1.29 is 13.2 Å². The molecule has 0 spiro atoms. The highest BCUT2D eigenvalue weighted by Gasteiger charge is 2.36. The molecule has 3 nitrogen and oxygen atoms in total. The largest absolute Gasteiger partial charge is 0.433 e. The first-order chi connectivity index (χ1) is 13.4. The average Bonchev–Trinajstić information content (AvgIpc) is 3.16. The van der Waals surface area contributed by atoms with E-state index in [0.717, 1.165) is 25.6 Å². The summed E-state index contributed by atoms with van der Waals surface area (Å²) in [4.78, 5) is 3.77. The molecule has 1 saturated heterocycles. The molecule has 146 valence electrons. The maximum absolute atomic E-state index is 13.3. The van der Waals surface area contributed by atoms with Crippen molar-refractivity contribution >= 4 is 28.2 Å². The number of alkyl halides is 3. The third-order valence-electron chi connectivity index (χ3n) is 5.31. The fourth-order valence-corrected chi connectivity index (χ4v) is 3.96. The van der Waals surface area contributed by atoms with Crippen LogP contribution < -0.4 is 10.6 Å². The zero-order valence-electron chi connectivity index (χ0n) is 15.0. The average molecular weight is 406 g/mol. The fourth-order valence-electron chi connectivity index (χ4n) is 3.79. The number of halogens is 4. The highest BCUT2D eigenvalue weighted by atomic mass is 35.5. The molecule has 7 heteroatoms. The normalized spacial score (nSPS) is 19.9. The maximum Gasteiger partial charge on any atom is 0.433 e. The number of nitrogens with one attached hydrogen (secondary N) is 2. The van der Waals surface area contributed by atoms with Crippen molar-refractivity contribution in [3.63, 3.8) is 0 Å². The second kappa shape index (κ2) is 7.26. The first-order valence-electron chi connectivity index (χ1n) is 9.05. The van der Waals surface area contributed by atoms with Crippen LogP contribution in [0, 0.1) is 0 Å². The second-order valence-electron chi connectivity index (χ2n) is 7.14. The zero-order chi connectivity index (χ0) is 19.8. The summed E-state index contributed by atoms with van der Waals surface area (Å²) in [5, 5.41) is 7.68. The van der Waals surface area contributed by atoms with Crippen LogP contribution in [0.5, 0.6) is 0 Å². The van der Waals surface area contributed by atoms with Crippen LogP contribution in [-0.4, -0.2) is 24.6 Å². The van der Waals surface area contributed by atoms with Gasteiger partial charge in [0.2, 0.25) is 0 Å². The molecule has 0 bridgehead atoms. The Labute approximate surface area is 165 Å². The molecule has 1 aliphatic rings. The van der Waals surface area contributed by atoms with Gasteiger partial charge < -0.3 is 10.6 Å². The van der Waals surface area contributed by atoms with Crippen LogP contribution in [0.3, 0.4) is 0 Å². The highest BCUT2D eigenvalue weighted by molar-refractivity contribution is 6.31. The molecule has 1 atom stereocenters. The van der Waals surface area contributed by atoms with Crippen molar-refractivity contribution in [2.24, 2.45) is 0 Å². The number of benzene rings is 2. The Kier molecular flexibility index (Phi) is 4.93. The molecule has 1 aromatic heterocycles. The van der Waals surface area contributed by atoms with E-state index in [1.54, 1.807) is 12.1 Å². The van der Waals surface area contributed by atoms with Crippen molar-refractivity contribution in [3.05, 3.63) is 70.9 Å². The smallest absolute Gasteiger partial charge is 0.383 e. The summed E-state index contributed by atoms with van der Waals surface area (Å²) in [6.07, 6.45) is -3.61.